The normalized spacial score (nSPS) is 11.4. The summed E-state index contributed by atoms with van der Waals surface area (Å²) in [6.07, 6.45) is 0.970. The molecule has 11 heteroatoms. The summed E-state index contributed by atoms with van der Waals surface area (Å²) in [6, 6.07) is 6.82. The van der Waals surface area contributed by atoms with E-state index in [0.29, 0.717) is 31.7 Å². The van der Waals surface area contributed by atoms with E-state index in [0.717, 1.165) is 5.56 Å². The smallest absolute Gasteiger partial charge is 0.246 e. The van der Waals surface area contributed by atoms with Gasteiger partial charge in [-0.3, -0.25) is 9.79 Å². The zero-order valence-corrected chi connectivity index (χ0v) is 17.2. The van der Waals surface area contributed by atoms with Gasteiger partial charge in [0, 0.05) is 12.2 Å². The zero-order valence-electron chi connectivity index (χ0n) is 17.2. The van der Waals surface area contributed by atoms with E-state index in [2.05, 4.69) is 25.6 Å². The van der Waals surface area contributed by atoms with Crippen LogP contribution in [0, 0.1) is 6.92 Å². The van der Waals surface area contributed by atoms with Crippen LogP contribution >= 0.6 is 0 Å². The molecule has 0 bridgehead atoms. The second-order valence-electron chi connectivity index (χ2n) is 6.59. The highest BCUT2D eigenvalue weighted by atomic mass is 16.5. The standard InChI is InChI=1S/C19H29N9O2/c1-3-30-17-14(20)15(27-19(23)28-17)26-13(8-5-9-24-18(21)22)16(29)25-12-7-4-6-11(2)10-12/h4,6-7,10,13H,3,5,8-9,20H2,1-2H3,(H,25,29)(H4,21,22,24)(H3,23,26,27,28)/t13-/m0/s1. The van der Waals surface area contributed by atoms with Gasteiger partial charge in [-0.05, 0) is 44.4 Å². The number of aliphatic imine (C=N–C) groups is 1. The van der Waals surface area contributed by atoms with Gasteiger partial charge in [0.25, 0.3) is 0 Å². The second kappa shape index (κ2) is 10.7. The third-order valence-electron chi connectivity index (χ3n) is 4.07. The molecule has 2 rings (SSSR count). The lowest BCUT2D eigenvalue weighted by Gasteiger charge is -2.20. The number of aromatic nitrogens is 2. The molecular formula is C19H29N9O2. The molecule has 0 radical (unpaired) electrons. The van der Waals surface area contributed by atoms with E-state index in [1.807, 2.05) is 31.2 Å². The molecule has 30 heavy (non-hydrogen) atoms. The molecule has 0 spiro atoms. The molecule has 0 aliphatic heterocycles. The predicted molar refractivity (Wildman–Crippen MR) is 119 cm³/mol. The number of anilines is 4. The van der Waals surface area contributed by atoms with E-state index < -0.39 is 6.04 Å². The Bertz CT molecular complexity index is 898. The monoisotopic (exact) mass is 415 g/mol. The second-order valence-corrected chi connectivity index (χ2v) is 6.59. The number of hydrogen-bond donors (Lipinski definition) is 6. The van der Waals surface area contributed by atoms with Crippen molar-refractivity contribution < 1.29 is 9.53 Å². The first-order chi connectivity index (χ1) is 14.3. The molecular weight excluding hydrogens is 386 g/mol. The van der Waals surface area contributed by atoms with Crippen LogP contribution in [0.2, 0.25) is 0 Å². The van der Waals surface area contributed by atoms with Crippen molar-refractivity contribution in [3.05, 3.63) is 29.8 Å². The van der Waals surface area contributed by atoms with Gasteiger partial charge in [0.2, 0.25) is 17.7 Å². The quantitative estimate of drug-likeness (QED) is 0.185. The minimum Gasteiger partial charge on any atom is -0.476 e. The summed E-state index contributed by atoms with van der Waals surface area (Å²) in [6.45, 7) is 4.48. The van der Waals surface area contributed by atoms with Gasteiger partial charge >= 0.3 is 0 Å². The Morgan fingerprint density at radius 2 is 2.03 bits per heavy atom. The molecule has 2 aromatic rings. The number of nitrogens with two attached hydrogens (primary N) is 4. The van der Waals surface area contributed by atoms with Crippen LogP contribution in [0.4, 0.5) is 23.1 Å². The van der Waals surface area contributed by atoms with E-state index in [4.69, 9.17) is 27.7 Å². The Balaban J connectivity index is 2.22. The average molecular weight is 416 g/mol. The fraction of sp³-hybridized carbons (Fsp3) is 0.368. The van der Waals surface area contributed by atoms with Crippen molar-refractivity contribution in [2.45, 2.75) is 32.7 Å². The van der Waals surface area contributed by atoms with Gasteiger partial charge in [-0.2, -0.15) is 9.97 Å². The van der Waals surface area contributed by atoms with Crippen molar-refractivity contribution >= 4 is 35.0 Å². The van der Waals surface area contributed by atoms with Crippen molar-refractivity contribution in [2.24, 2.45) is 16.5 Å². The topological polar surface area (TPSA) is 193 Å². The fourth-order valence-corrected chi connectivity index (χ4v) is 2.71. The van der Waals surface area contributed by atoms with Crippen molar-refractivity contribution in [2.75, 3.05) is 35.3 Å². The highest BCUT2D eigenvalue weighted by molar-refractivity contribution is 5.97. The van der Waals surface area contributed by atoms with E-state index in [1.54, 1.807) is 6.92 Å². The number of carbonyl (C=O) groups is 1. The van der Waals surface area contributed by atoms with Crippen LogP contribution in [0.1, 0.15) is 25.3 Å². The number of aryl methyl sites for hydroxylation is 1. The molecule has 1 amide bonds. The lowest BCUT2D eigenvalue weighted by atomic mass is 10.1. The minimum atomic E-state index is -0.675. The van der Waals surface area contributed by atoms with Crippen LogP contribution in [-0.2, 0) is 4.79 Å². The van der Waals surface area contributed by atoms with Crippen molar-refractivity contribution in [1.82, 2.24) is 9.97 Å². The Kier molecular flexibility index (Phi) is 8.03. The number of benzene rings is 1. The molecule has 1 atom stereocenters. The SMILES string of the molecule is CCOc1nc(N)nc(N[C@@H](CCCN=C(N)N)C(=O)Nc2cccc(C)c2)c1N. The van der Waals surface area contributed by atoms with Gasteiger partial charge in [0.1, 0.15) is 11.7 Å². The van der Waals surface area contributed by atoms with Gasteiger partial charge in [-0.1, -0.05) is 12.1 Å². The summed E-state index contributed by atoms with van der Waals surface area (Å²) in [7, 11) is 0. The highest BCUT2D eigenvalue weighted by Crippen LogP contribution is 2.28. The van der Waals surface area contributed by atoms with Crippen LogP contribution in [-0.4, -0.2) is 41.0 Å². The first-order valence-corrected chi connectivity index (χ1v) is 9.55. The first-order valence-electron chi connectivity index (χ1n) is 9.55. The van der Waals surface area contributed by atoms with Crippen molar-refractivity contribution in [1.29, 1.82) is 0 Å². The molecule has 0 saturated carbocycles. The number of nitrogens with zero attached hydrogens (tertiary/aromatic N) is 3. The molecule has 10 N–H and O–H groups in total. The van der Waals surface area contributed by atoms with Gasteiger partial charge < -0.3 is 38.3 Å². The molecule has 0 saturated heterocycles. The summed E-state index contributed by atoms with van der Waals surface area (Å²) < 4.78 is 5.39. The largest absolute Gasteiger partial charge is 0.476 e. The van der Waals surface area contributed by atoms with Crippen LogP contribution in [0.25, 0.3) is 0 Å². The predicted octanol–water partition coefficient (Wildman–Crippen LogP) is 0.821. The molecule has 162 valence electrons. The first kappa shape index (κ1) is 22.5. The number of nitrogens with one attached hydrogen (secondary N) is 2. The van der Waals surface area contributed by atoms with Gasteiger partial charge in [0.05, 0.1) is 6.61 Å². The highest BCUT2D eigenvalue weighted by Gasteiger charge is 2.22. The molecule has 11 nitrogen and oxygen atoms in total. The van der Waals surface area contributed by atoms with Crippen LogP contribution in [0.3, 0.4) is 0 Å². The molecule has 1 aromatic heterocycles. The van der Waals surface area contributed by atoms with Crippen molar-refractivity contribution in [3.8, 4) is 5.88 Å². The summed E-state index contributed by atoms with van der Waals surface area (Å²) in [5, 5.41) is 5.94. The molecule has 0 aliphatic carbocycles. The summed E-state index contributed by atoms with van der Waals surface area (Å²) in [5.41, 5.74) is 24.5. The van der Waals surface area contributed by atoms with Gasteiger partial charge in [0.15, 0.2) is 11.8 Å². The summed E-state index contributed by atoms with van der Waals surface area (Å²) in [4.78, 5) is 25.0. The van der Waals surface area contributed by atoms with Gasteiger partial charge in [-0.25, -0.2) is 0 Å². The number of ether oxygens (including phenoxy) is 1. The fourth-order valence-electron chi connectivity index (χ4n) is 2.71. The lowest BCUT2D eigenvalue weighted by Crippen LogP contribution is -2.35. The minimum absolute atomic E-state index is 0.00195. The van der Waals surface area contributed by atoms with E-state index in [9.17, 15) is 4.79 Å². The number of guanidine groups is 1. The Hall–Kier alpha value is -3.76. The molecule has 1 heterocycles. The van der Waals surface area contributed by atoms with Crippen LogP contribution < -0.4 is 38.3 Å². The number of nitrogen functional groups attached to an aromatic ring is 2. The summed E-state index contributed by atoms with van der Waals surface area (Å²) in [5.74, 6) is 0.0919. The number of hydrogen-bond acceptors (Lipinski definition) is 8. The Morgan fingerprint density at radius 3 is 2.70 bits per heavy atom. The molecule has 0 fully saturated rings. The van der Waals surface area contributed by atoms with E-state index in [-0.39, 0.29) is 35.2 Å². The molecule has 0 aliphatic rings. The van der Waals surface area contributed by atoms with Crippen molar-refractivity contribution in [3.63, 3.8) is 0 Å². The Morgan fingerprint density at radius 1 is 1.27 bits per heavy atom. The molecule has 0 unspecified atom stereocenters. The maximum absolute atomic E-state index is 13.0. The average Bonchev–Trinajstić information content (AvgIpc) is 2.67. The Labute approximate surface area is 175 Å². The number of amides is 1. The van der Waals surface area contributed by atoms with E-state index in [1.165, 1.54) is 0 Å². The maximum Gasteiger partial charge on any atom is 0.246 e. The van der Waals surface area contributed by atoms with Gasteiger partial charge in [-0.15, -0.1) is 0 Å². The molecule has 1 aromatic carbocycles. The third kappa shape index (κ3) is 6.69. The maximum atomic E-state index is 13.0. The zero-order chi connectivity index (χ0) is 22.1. The lowest BCUT2D eigenvalue weighted by molar-refractivity contribution is -0.117. The third-order valence-corrected chi connectivity index (χ3v) is 4.07. The van der Waals surface area contributed by atoms with Crippen LogP contribution in [0.15, 0.2) is 29.3 Å². The van der Waals surface area contributed by atoms with Crippen LogP contribution in [0.5, 0.6) is 5.88 Å². The number of rotatable bonds is 10. The van der Waals surface area contributed by atoms with E-state index >= 15 is 0 Å². The summed E-state index contributed by atoms with van der Waals surface area (Å²) >= 11 is 0. The number of carbonyl (C=O) groups excluding carboxylic acids is 1.